The number of hydrogen-bond acceptors (Lipinski definition) is 11. The first-order valence-corrected chi connectivity index (χ1v) is 16.8. The van der Waals surface area contributed by atoms with E-state index in [2.05, 4.69) is 54.7 Å². The lowest BCUT2D eigenvalue weighted by Gasteiger charge is -2.22. The number of hydrogen-bond donors (Lipinski definition) is 1. The molecule has 0 aliphatic rings. The van der Waals surface area contributed by atoms with Gasteiger partial charge in [-0.3, -0.25) is 9.97 Å². The molecule has 0 fully saturated rings. The molecule has 7 aromatic heterocycles. The summed E-state index contributed by atoms with van der Waals surface area (Å²) in [6, 6.07) is 31.8. The number of benzene rings is 3. The van der Waals surface area contributed by atoms with Crippen LogP contribution >= 0.6 is 0 Å². The third-order valence-electron chi connectivity index (χ3n) is 9.13. The van der Waals surface area contributed by atoms with Gasteiger partial charge in [0.15, 0.2) is 5.82 Å². The van der Waals surface area contributed by atoms with Gasteiger partial charge in [-0.05, 0) is 59.8 Å². The molecular weight excluding hydrogens is 661 g/mol. The summed E-state index contributed by atoms with van der Waals surface area (Å²) in [6.07, 6.45) is 11.7. The van der Waals surface area contributed by atoms with E-state index >= 15 is 0 Å². The summed E-state index contributed by atoms with van der Waals surface area (Å²) in [7, 11) is 0. The molecule has 0 unspecified atom stereocenters. The predicted molar refractivity (Wildman–Crippen MR) is 202 cm³/mol. The molecule has 0 amide bonds. The second-order valence-electron chi connectivity index (χ2n) is 12.2. The van der Waals surface area contributed by atoms with Crippen LogP contribution < -0.4 is 0 Å². The van der Waals surface area contributed by atoms with Gasteiger partial charge in [0.1, 0.15) is 0 Å². The molecule has 7 heterocycles. The Morgan fingerprint density at radius 2 is 1.38 bits per heavy atom. The molecule has 0 aliphatic carbocycles. The zero-order valence-electron chi connectivity index (χ0n) is 27.7. The van der Waals surface area contributed by atoms with Crippen molar-refractivity contribution < 1.29 is 0 Å². The minimum atomic E-state index is 0.488. The largest absolute Gasteiger partial charge is 0.353 e. The standard InChI is InChI=1S/C41H24N12/c1-3-9-28-24(7-1)12-13-32(48-28)39-26-22-27(41-44-15-6-16-45-41)35(34-23-42-19-20-43-34)37(30-11-5-17-46-51-30)36(26)38(31-14-18-47-53-52-31)40(50-39)33-21-25-8-2-4-10-29(25)49-33/h1-23,49H. The smallest absolute Gasteiger partial charge is 0.159 e. The molecule has 0 aliphatic heterocycles. The van der Waals surface area contributed by atoms with E-state index in [4.69, 9.17) is 30.0 Å². The lowest BCUT2D eigenvalue weighted by molar-refractivity contribution is 0.871. The molecule has 0 atom stereocenters. The van der Waals surface area contributed by atoms with Gasteiger partial charge >= 0.3 is 0 Å². The lowest BCUT2D eigenvalue weighted by Crippen LogP contribution is -2.04. The van der Waals surface area contributed by atoms with E-state index in [1.165, 1.54) is 0 Å². The fourth-order valence-electron chi connectivity index (χ4n) is 6.89. The molecule has 10 rings (SSSR count). The summed E-state index contributed by atoms with van der Waals surface area (Å²) < 4.78 is 0. The van der Waals surface area contributed by atoms with Crippen LogP contribution in [-0.4, -0.2) is 60.5 Å². The van der Waals surface area contributed by atoms with Crippen molar-refractivity contribution in [3.05, 3.63) is 140 Å². The van der Waals surface area contributed by atoms with Crippen LogP contribution in [0.4, 0.5) is 0 Å². The Morgan fingerprint density at radius 1 is 0.509 bits per heavy atom. The summed E-state index contributed by atoms with van der Waals surface area (Å²) in [6.45, 7) is 0. The van der Waals surface area contributed by atoms with Crippen LogP contribution in [-0.2, 0) is 0 Å². The Labute approximate surface area is 300 Å². The summed E-state index contributed by atoms with van der Waals surface area (Å²) in [5, 5.41) is 25.3. The third-order valence-corrected chi connectivity index (χ3v) is 9.13. The number of nitrogens with one attached hydrogen (secondary N) is 1. The second-order valence-corrected chi connectivity index (χ2v) is 12.2. The normalized spacial score (nSPS) is 11.4. The summed E-state index contributed by atoms with van der Waals surface area (Å²) in [4.78, 5) is 33.0. The number of aromatic nitrogens is 12. The molecule has 0 saturated heterocycles. The van der Waals surface area contributed by atoms with Crippen LogP contribution in [0.1, 0.15) is 0 Å². The molecule has 0 radical (unpaired) electrons. The number of pyridine rings is 2. The lowest BCUT2D eigenvalue weighted by atomic mass is 9.85. The molecule has 1 N–H and O–H groups in total. The van der Waals surface area contributed by atoms with Crippen molar-refractivity contribution in [3.8, 4) is 67.9 Å². The second kappa shape index (κ2) is 12.5. The van der Waals surface area contributed by atoms with E-state index in [9.17, 15) is 0 Å². The Morgan fingerprint density at radius 3 is 2.19 bits per heavy atom. The average Bonchev–Trinajstić information content (AvgIpc) is 3.68. The summed E-state index contributed by atoms with van der Waals surface area (Å²) in [5.41, 5.74) is 9.12. The van der Waals surface area contributed by atoms with Gasteiger partial charge in [-0.25, -0.2) is 19.9 Å². The average molecular weight is 685 g/mol. The molecule has 0 saturated carbocycles. The van der Waals surface area contributed by atoms with Crippen LogP contribution in [0.15, 0.2) is 140 Å². The number of para-hydroxylation sites is 2. The maximum absolute atomic E-state index is 5.51. The summed E-state index contributed by atoms with van der Waals surface area (Å²) in [5.74, 6) is 0.488. The molecular formula is C41H24N12. The predicted octanol–water partition coefficient (Wildman–Crippen LogP) is 7.82. The van der Waals surface area contributed by atoms with Crippen LogP contribution in [0.3, 0.4) is 0 Å². The topological polar surface area (TPSA) is 158 Å². The summed E-state index contributed by atoms with van der Waals surface area (Å²) >= 11 is 0. The van der Waals surface area contributed by atoms with Crippen molar-refractivity contribution >= 4 is 32.6 Å². The van der Waals surface area contributed by atoms with Gasteiger partial charge in [-0.2, -0.15) is 10.2 Å². The Kier molecular flexibility index (Phi) is 7.13. The molecule has 0 bridgehead atoms. The highest BCUT2D eigenvalue weighted by atomic mass is 15.3. The van der Waals surface area contributed by atoms with Gasteiger partial charge in [0.2, 0.25) is 0 Å². The minimum Gasteiger partial charge on any atom is -0.353 e. The van der Waals surface area contributed by atoms with Crippen molar-refractivity contribution in [2.24, 2.45) is 0 Å². The number of nitrogens with zero attached hydrogens (tertiary/aromatic N) is 11. The van der Waals surface area contributed by atoms with E-state index in [1.807, 2.05) is 66.7 Å². The van der Waals surface area contributed by atoms with Crippen molar-refractivity contribution in [1.29, 1.82) is 0 Å². The molecule has 12 nitrogen and oxygen atoms in total. The molecule has 12 heteroatoms. The van der Waals surface area contributed by atoms with Crippen LogP contribution in [0.2, 0.25) is 0 Å². The van der Waals surface area contributed by atoms with Crippen molar-refractivity contribution in [1.82, 2.24) is 60.5 Å². The first-order chi connectivity index (χ1) is 26.3. The van der Waals surface area contributed by atoms with E-state index in [0.29, 0.717) is 62.2 Å². The fraction of sp³-hybridized carbons (Fsp3) is 0. The van der Waals surface area contributed by atoms with E-state index in [-0.39, 0.29) is 0 Å². The fourth-order valence-corrected chi connectivity index (χ4v) is 6.89. The number of aromatic amines is 1. The maximum atomic E-state index is 5.51. The Hall–Kier alpha value is -7.73. The number of fused-ring (bicyclic) bond motifs is 3. The third kappa shape index (κ3) is 5.21. The molecule has 10 aromatic rings. The van der Waals surface area contributed by atoms with Gasteiger partial charge in [-0.1, -0.05) is 42.5 Å². The molecule has 3 aromatic carbocycles. The first-order valence-electron chi connectivity index (χ1n) is 16.8. The minimum absolute atomic E-state index is 0.488. The molecule has 248 valence electrons. The zero-order chi connectivity index (χ0) is 35.1. The van der Waals surface area contributed by atoms with E-state index in [1.54, 1.807) is 49.4 Å². The van der Waals surface area contributed by atoms with E-state index in [0.717, 1.165) is 38.3 Å². The van der Waals surface area contributed by atoms with E-state index < -0.39 is 0 Å². The quantitative estimate of drug-likeness (QED) is 0.182. The van der Waals surface area contributed by atoms with Gasteiger partial charge in [0.05, 0.1) is 57.8 Å². The Balaban J connectivity index is 1.47. The Bertz CT molecular complexity index is 2910. The van der Waals surface area contributed by atoms with Crippen LogP contribution in [0, 0.1) is 0 Å². The van der Waals surface area contributed by atoms with Gasteiger partial charge in [0, 0.05) is 80.3 Å². The zero-order valence-corrected chi connectivity index (χ0v) is 27.7. The highest BCUT2D eigenvalue weighted by Gasteiger charge is 2.29. The maximum Gasteiger partial charge on any atom is 0.159 e. The van der Waals surface area contributed by atoms with Crippen molar-refractivity contribution in [2.45, 2.75) is 0 Å². The monoisotopic (exact) mass is 684 g/mol. The molecule has 0 spiro atoms. The SMILES string of the molecule is c1cnc(-c2cc3c(-c4ccc5ccccc5n4)nc(-c4cc5ccccc5[nH]4)c(-c4ccnnn4)c3c(-c3cccnn3)c2-c2cnccn2)nc1. The van der Waals surface area contributed by atoms with Crippen molar-refractivity contribution in [2.75, 3.05) is 0 Å². The highest BCUT2D eigenvalue weighted by Crippen LogP contribution is 2.50. The number of rotatable bonds is 6. The van der Waals surface area contributed by atoms with Crippen molar-refractivity contribution in [3.63, 3.8) is 0 Å². The molecule has 53 heavy (non-hydrogen) atoms. The van der Waals surface area contributed by atoms with Gasteiger partial charge in [-0.15, -0.1) is 10.2 Å². The van der Waals surface area contributed by atoms with Crippen LogP contribution in [0.5, 0.6) is 0 Å². The van der Waals surface area contributed by atoms with Gasteiger partial charge < -0.3 is 4.98 Å². The first kappa shape index (κ1) is 30.1. The van der Waals surface area contributed by atoms with Crippen LogP contribution in [0.25, 0.3) is 101 Å². The highest BCUT2D eigenvalue weighted by molar-refractivity contribution is 6.19. The van der Waals surface area contributed by atoms with Gasteiger partial charge in [0.25, 0.3) is 0 Å². The number of H-pyrrole nitrogens is 1.